The van der Waals surface area contributed by atoms with Crippen molar-refractivity contribution in [3.63, 3.8) is 0 Å². The number of rotatable bonds is 5. The lowest BCUT2D eigenvalue weighted by Crippen LogP contribution is -2.44. The van der Waals surface area contributed by atoms with Crippen LogP contribution >= 0.6 is 0 Å². The van der Waals surface area contributed by atoms with Gasteiger partial charge in [-0.05, 0) is 37.5 Å². The highest BCUT2D eigenvalue weighted by atomic mass is 28.4. The number of hydrogen-bond acceptors (Lipinski definition) is 3. The molecule has 0 amide bonds. The number of carboxylic acids is 1. The Hall–Kier alpha value is -0.393. The Morgan fingerprint density at radius 1 is 1.42 bits per heavy atom. The van der Waals surface area contributed by atoms with Gasteiger partial charge >= 0.3 is 5.97 Å². The van der Waals surface area contributed by atoms with Gasteiger partial charge in [0.1, 0.15) is 0 Å². The van der Waals surface area contributed by atoms with E-state index in [-0.39, 0.29) is 11.0 Å². The molecule has 1 aliphatic heterocycles. The Morgan fingerprint density at radius 2 is 2.05 bits per heavy atom. The van der Waals surface area contributed by atoms with Crippen LogP contribution in [0.25, 0.3) is 0 Å². The summed E-state index contributed by atoms with van der Waals surface area (Å²) in [5.74, 6) is -0.850. The van der Waals surface area contributed by atoms with Crippen LogP contribution in [0, 0.1) is 5.92 Å². The maximum atomic E-state index is 11.0. The summed E-state index contributed by atoms with van der Waals surface area (Å²) in [4.78, 5) is 13.2. The van der Waals surface area contributed by atoms with E-state index in [1.165, 1.54) is 0 Å². The zero-order valence-electron chi connectivity index (χ0n) is 13.0. The zero-order valence-corrected chi connectivity index (χ0v) is 14.0. The van der Waals surface area contributed by atoms with E-state index < -0.39 is 14.3 Å². The average molecular weight is 287 g/mol. The third kappa shape index (κ3) is 4.89. The number of aliphatic carboxylic acids is 1. The van der Waals surface area contributed by atoms with Gasteiger partial charge in [0.15, 0.2) is 8.32 Å². The summed E-state index contributed by atoms with van der Waals surface area (Å²) in [6, 6.07) is 0. The van der Waals surface area contributed by atoms with Crippen LogP contribution in [-0.4, -0.2) is 50.5 Å². The molecule has 0 aromatic rings. The molecule has 1 N–H and O–H groups in total. The summed E-state index contributed by atoms with van der Waals surface area (Å²) < 4.78 is 6.14. The molecule has 4 nitrogen and oxygen atoms in total. The Labute approximate surface area is 118 Å². The second-order valence-corrected chi connectivity index (χ2v) is 11.9. The van der Waals surface area contributed by atoms with Gasteiger partial charge in [-0.25, -0.2) is 0 Å². The lowest BCUT2D eigenvalue weighted by atomic mass is 9.98. The molecule has 0 aromatic carbocycles. The highest BCUT2D eigenvalue weighted by molar-refractivity contribution is 6.74. The minimum Gasteiger partial charge on any atom is -0.481 e. The SMILES string of the molecule is CC(C)(C)[Si](C)(C)OCCN1CCCC(C(=O)O)C1. The molecule has 1 rings (SSSR count). The van der Waals surface area contributed by atoms with Crippen LogP contribution in [0.3, 0.4) is 0 Å². The van der Waals surface area contributed by atoms with Gasteiger partial charge < -0.3 is 14.4 Å². The fourth-order valence-electron chi connectivity index (χ4n) is 2.11. The van der Waals surface area contributed by atoms with Crippen molar-refractivity contribution >= 4 is 14.3 Å². The lowest BCUT2D eigenvalue weighted by molar-refractivity contribution is -0.143. The first-order valence-corrected chi connectivity index (χ1v) is 10.1. The number of carbonyl (C=O) groups is 1. The Kier molecular flexibility index (Phi) is 5.59. The Bertz CT molecular complexity index is 312. The molecule has 0 bridgehead atoms. The third-order valence-corrected chi connectivity index (χ3v) is 9.07. The standard InChI is InChI=1S/C14H29NO3Si/c1-14(2,3)19(4,5)18-10-9-15-8-6-7-12(11-15)13(16)17/h12H,6-11H2,1-5H3,(H,16,17). The minimum atomic E-state index is -1.67. The molecule has 112 valence electrons. The first kappa shape index (κ1) is 16.7. The largest absolute Gasteiger partial charge is 0.481 e. The van der Waals surface area contributed by atoms with E-state index in [1.807, 2.05) is 0 Å². The molecule has 0 saturated carbocycles. The lowest BCUT2D eigenvalue weighted by Gasteiger charge is -2.37. The van der Waals surface area contributed by atoms with Crippen molar-refractivity contribution in [1.82, 2.24) is 4.90 Å². The Balaban J connectivity index is 2.35. The van der Waals surface area contributed by atoms with Gasteiger partial charge in [-0.3, -0.25) is 4.79 Å². The predicted octanol–water partition coefficient (Wildman–Crippen LogP) is 2.80. The van der Waals surface area contributed by atoms with Gasteiger partial charge in [0.2, 0.25) is 0 Å². The molecule has 1 unspecified atom stereocenters. The van der Waals surface area contributed by atoms with Gasteiger partial charge in [-0.1, -0.05) is 20.8 Å². The summed E-state index contributed by atoms with van der Waals surface area (Å²) in [6.45, 7) is 14.5. The van der Waals surface area contributed by atoms with Crippen molar-refractivity contribution in [1.29, 1.82) is 0 Å². The third-order valence-electron chi connectivity index (χ3n) is 4.53. The number of hydrogen-bond donors (Lipinski definition) is 1. The molecule has 0 aromatic heterocycles. The summed E-state index contributed by atoms with van der Waals surface area (Å²) in [6.07, 6.45) is 1.80. The molecule has 5 heteroatoms. The predicted molar refractivity (Wildman–Crippen MR) is 79.9 cm³/mol. The normalized spacial score (nSPS) is 22.5. The van der Waals surface area contributed by atoms with Crippen molar-refractivity contribution in [2.75, 3.05) is 26.2 Å². The molecule has 19 heavy (non-hydrogen) atoms. The van der Waals surface area contributed by atoms with Crippen LogP contribution in [-0.2, 0) is 9.22 Å². The highest BCUT2D eigenvalue weighted by Gasteiger charge is 2.37. The van der Waals surface area contributed by atoms with Crippen molar-refractivity contribution in [2.24, 2.45) is 5.92 Å². The molecule has 0 radical (unpaired) electrons. The summed E-state index contributed by atoms with van der Waals surface area (Å²) in [5, 5.41) is 9.30. The monoisotopic (exact) mass is 287 g/mol. The maximum absolute atomic E-state index is 11.0. The van der Waals surface area contributed by atoms with Crippen LogP contribution in [0.1, 0.15) is 33.6 Å². The molecule has 1 heterocycles. The minimum absolute atomic E-state index is 0.193. The number of piperidine rings is 1. The molecular weight excluding hydrogens is 258 g/mol. The van der Waals surface area contributed by atoms with Crippen LogP contribution in [0.5, 0.6) is 0 Å². The molecule has 1 atom stereocenters. The van der Waals surface area contributed by atoms with Gasteiger partial charge in [0.25, 0.3) is 0 Å². The molecule has 0 spiro atoms. The van der Waals surface area contributed by atoms with Crippen LogP contribution < -0.4 is 0 Å². The number of carboxylic acid groups (broad SMARTS) is 1. The second kappa shape index (κ2) is 6.37. The van der Waals surface area contributed by atoms with Gasteiger partial charge in [-0.2, -0.15) is 0 Å². The molecule has 1 fully saturated rings. The van der Waals surface area contributed by atoms with Crippen molar-refractivity contribution in [2.45, 2.75) is 51.7 Å². The topological polar surface area (TPSA) is 49.8 Å². The molecule has 1 aliphatic rings. The zero-order chi connectivity index (χ0) is 14.7. The highest BCUT2D eigenvalue weighted by Crippen LogP contribution is 2.36. The van der Waals surface area contributed by atoms with Crippen LogP contribution in [0.4, 0.5) is 0 Å². The summed E-state index contributed by atoms with van der Waals surface area (Å²) in [5.41, 5.74) is 0. The van der Waals surface area contributed by atoms with E-state index >= 15 is 0 Å². The summed E-state index contributed by atoms with van der Waals surface area (Å²) >= 11 is 0. The molecule has 0 aliphatic carbocycles. The van der Waals surface area contributed by atoms with Crippen LogP contribution in [0.15, 0.2) is 0 Å². The van der Waals surface area contributed by atoms with Crippen molar-refractivity contribution in [3.8, 4) is 0 Å². The smallest absolute Gasteiger partial charge is 0.307 e. The molecular formula is C14H29NO3Si. The first-order valence-electron chi connectivity index (χ1n) is 7.22. The van der Waals surface area contributed by atoms with E-state index in [9.17, 15) is 4.79 Å². The van der Waals surface area contributed by atoms with Gasteiger partial charge in [0, 0.05) is 19.7 Å². The molecule has 1 saturated heterocycles. The number of nitrogens with zero attached hydrogens (tertiary/aromatic N) is 1. The fourth-order valence-corrected chi connectivity index (χ4v) is 3.14. The van der Waals surface area contributed by atoms with Gasteiger partial charge in [-0.15, -0.1) is 0 Å². The van der Waals surface area contributed by atoms with E-state index in [4.69, 9.17) is 9.53 Å². The van der Waals surface area contributed by atoms with E-state index in [1.54, 1.807) is 0 Å². The van der Waals surface area contributed by atoms with E-state index in [2.05, 4.69) is 38.8 Å². The maximum Gasteiger partial charge on any atom is 0.307 e. The average Bonchev–Trinajstić information content (AvgIpc) is 2.27. The van der Waals surface area contributed by atoms with E-state index in [0.717, 1.165) is 32.5 Å². The van der Waals surface area contributed by atoms with E-state index in [0.29, 0.717) is 6.54 Å². The second-order valence-electron chi connectivity index (χ2n) is 7.09. The first-order chi connectivity index (χ1) is 8.63. The van der Waals surface area contributed by atoms with Gasteiger partial charge in [0.05, 0.1) is 5.92 Å². The van der Waals surface area contributed by atoms with Crippen molar-refractivity contribution < 1.29 is 14.3 Å². The summed E-state index contributed by atoms with van der Waals surface area (Å²) in [7, 11) is -1.67. The quantitative estimate of drug-likeness (QED) is 0.790. The van der Waals surface area contributed by atoms with Crippen molar-refractivity contribution in [3.05, 3.63) is 0 Å². The fraction of sp³-hybridized carbons (Fsp3) is 0.929. The number of likely N-dealkylation sites (tertiary alicyclic amines) is 1. The van der Waals surface area contributed by atoms with Crippen LogP contribution in [0.2, 0.25) is 18.1 Å². The Morgan fingerprint density at radius 3 is 2.58 bits per heavy atom.